The van der Waals surface area contributed by atoms with Crippen LogP contribution in [0.4, 0.5) is 5.69 Å². The molecule has 1 aliphatic heterocycles. The molecule has 2 rings (SSSR count). The number of nitrogens with one attached hydrogen (secondary N) is 1. The molecule has 1 heterocycles. The summed E-state index contributed by atoms with van der Waals surface area (Å²) < 4.78 is 32.6. The Hall–Kier alpha value is -1.11. The Bertz CT molecular complexity index is 585. The zero-order valence-electron chi connectivity index (χ0n) is 12.9. The maximum atomic E-state index is 13.0. The van der Waals surface area contributed by atoms with Gasteiger partial charge in [0.1, 0.15) is 0 Å². The van der Waals surface area contributed by atoms with E-state index in [9.17, 15) is 8.42 Å². The van der Waals surface area contributed by atoms with Gasteiger partial charge >= 0.3 is 0 Å². The molecule has 118 valence electrons. The van der Waals surface area contributed by atoms with E-state index < -0.39 is 10.0 Å². The molecule has 0 aromatic heterocycles. The fourth-order valence-electron chi connectivity index (χ4n) is 2.68. The number of anilines is 1. The summed E-state index contributed by atoms with van der Waals surface area (Å²) in [7, 11) is -1.92. The number of methoxy groups -OCH3 is 1. The second-order valence-corrected chi connectivity index (χ2v) is 7.37. The molecule has 1 aromatic carbocycles. The quantitative estimate of drug-likeness (QED) is 0.874. The molecule has 5 nitrogen and oxygen atoms in total. The molecule has 1 aliphatic rings. The first-order chi connectivity index (χ1) is 9.98. The molecule has 1 N–H and O–H groups in total. The van der Waals surface area contributed by atoms with Crippen molar-refractivity contribution in [3.05, 3.63) is 23.8 Å². The molecule has 6 heteroatoms. The highest BCUT2D eigenvalue weighted by atomic mass is 32.2. The molecule has 0 saturated carbocycles. The van der Waals surface area contributed by atoms with Crippen LogP contribution in [0, 0.1) is 0 Å². The predicted molar refractivity (Wildman–Crippen MR) is 84.2 cm³/mol. The maximum absolute atomic E-state index is 13.0. The molecule has 0 saturated heterocycles. The van der Waals surface area contributed by atoms with Crippen LogP contribution in [0.5, 0.6) is 0 Å². The summed E-state index contributed by atoms with van der Waals surface area (Å²) in [6.07, 6.45) is 1.76. The van der Waals surface area contributed by atoms with E-state index in [-0.39, 0.29) is 6.04 Å². The third-order valence-corrected chi connectivity index (χ3v) is 5.89. The van der Waals surface area contributed by atoms with Gasteiger partial charge in [0, 0.05) is 31.9 Å². The SMILES string of the molecule is COCCN(C(C)C)S(=O)(=O)c1cccc2c1CCCN2. The Morgan fingerprint density at radius 2 is 2.14 bits per heavy atom. The number of benzene rings is 1. The molecule has 0 fully saturated rings. The number of hydrogen-bond acceptors (Lipinski definition) is 4. The van der Waals surface area contributed by atoms with Crippen LogP contribution in [0.25, 0.3) is 0 Å². The smallest absolute Gasteiger partial charge is 0.243 e. The normalized spacial score (nSPS) is 15.1. The number of nitrogens with zero attached hydrogens (tertiary/aromatic N) is 1. The number of ether oxygens (including phenoxy) is 1. The highest BCUT2D eigenvalue weighted by Crippen LogP contribution is 2.30. The summed E-state index contributed by atoms with van der Waals surface area (Å²) in [6, 6.07) is 5.36. The zero-order valence-corrected chi connectivity index (χ0v) is 13.7. The second kappa shape index (κ2) is 6.77. The number of hydrogen-bond donors (Lipinski definition) is 1. The summed E-state index contributed by atoms with van der Waals surface area (Å²) in [4.78, 5) is 0.428. The predicted octanol–water partition coefficient (Wildman–Crippen LogP) is 2.09. The summed E-state index contributed by atoms with van der Waals surface area (Å²) in [6.45, 7) is 5.44. The standard InChI is InChI=1S/C15H24N2O3S/c1-12(2)17(10-11-20-3)21(18,19)15-8-4-7-14-13(15)6-5-9-16-14/h4,7-8,12,16H,5-6,9-11H2,1-3H3. The van der Waals surface area contributed by atoms with Crippen LogP contribution in [-0.2, 0) is 21.2 Å². The van der Waals surface area contributed by atoms with Crippen LogP contribution in [0.1, 0.15) is 25.8 Å². The van der Waals surface area contributed by atoms with Gasteiger partial charge in [0.25, 0.3) is 0 Å². The highest BCUT2D eigenvalue weighted by Gasteiger charge is 2.30. The minimum absolute atomic E-state index is 0.0995. The van der Waals surface area contributed by atoms with Crippen molar-refractivity contribution in [2.24, 2.45) is 0 Å². The molecular weight excluding hydrogens is 288 g/mol. The summed E-state index contributed by atoms with van der Waals surface area (Å²) >= 11 is 0. The van der Waals surface area contributed by atoms with Gasteiger partial charge in [-0.3, -0.25) is 0 Å². The minimum atomic E-state index is -3.50. The Labute approximate surface area is 127 Å². The average Bonchev–Trinajstić information content (AvgIpc) is 2.46. The summed E-state index contributed by atoms with van der Waals surface area (Å²) in [5, 5.41) is 3.28. The monoisotopic (exact) mass is 312 g/mol. The molecule has 0 unspecified atom stereocenters. The Morgan fingerprint density at radius 1 is 1.38 bits per heavy atom. The van der Waals surface area contributed by atoms with Crippen molar-refractivity contribution < 1.29 is 13.2 Å². The molecular formula is C15H24N2O3S. The van der Waals surface area contributed by atoms with E-state index in [1.165, 1.54) is 4.31 Å². The van der Waals surface area contributed by atoms with Crippen molar-refractivity contribution in [3.63, 3.8) is 0 Å². The van der Waals surface area contributed by atoms with E-state index in [0.717, 1.165) is 30.6 Å². The van der Waals surface area contributed by atoms with E-state index in [1.54, 1.807) is 19.2 Å². The fraction of sp³-hybridized carbons (Fsp3) is 0.600. The van der Waals surface area contributed by atoms with Crippen LogP contribution in [-0.4, -0.2) is 45.6 Å². The molecule has 0 amide bonds. The molecule has 0 bridgehead atoms. The van der Waals surface area contributed by atoms with Crippen molar-refractivity contribution in [3.8, 4) is 0 Å². The number of fused-ring (bicyclic) bond motifs is 1. The lowest BCUT2D eigenvalue weighted by Gasteiger charge is -2.28. The Kier molecular flexibility index (Phi) is 5.24. The van der Waals surface area contributed by atoms with Gasteiger partial charge in [-0.25, -0.2) is 8.42 Å². The van der Waals surface area contributed by atoms with Gasteiger partial charge in [-0.05, 0) is 44.4 Å². The lowest BCUT2D eigenvalue weighted by molar-refractivity contribution is 0.171. The van der Waals surface area contributed by atoms with Crippen LogP contribution in [0.15, 0.2) is 23.1 Å². The van der Waals surface area contributed by atoms with Gasteiger partial charge in [-0.2, -0.15) is 4.31 Å². The van der Waals surface area contributed by atoms with Crippen molar-refractivity contribution in [2.75, 3.05) is 32.1 Å². The Morgan fingerprint density at radius 3 is 2.81 bits per heavy atom. The van der Waals surface area contributed by atoms with E-state index in [4.69, 9.17) is 4.74 Å². The first-order valence-electron chi connectivity index (χ1n) is 7.35. The van der Waals surface area contributed by atoms with Crippen LogP contribution in [0.2, 0.25) is 0 Å². The zero-order chi connectivity index (χ0) is 15.5. The fourth-order valence-corrected chi connectivity index (χ4v) is 4.58. The number of sulfonamides is 1. The van der Waals surface area contributed by atoms with Gasteiger partial charge in [0.15, 0.2) is 0 Å². The van der Waals surface area contributed by atoms with Crippen LogP contribution in [0.3, 0.4) is 0 Å². The molecule has 0 aliphatic carbocycles. The molecule has 0 radical (unpaired) electrons. The average molecular weight is 312 g/mol. The topological polar surface area (TPSA) is 58.6 Å². The third-order valence-electron chi connectivity index (χ3n) is 3.73. The van der Waals surface area contributed by atoms with Gasteiger partial charge in [0.2, 0.25) is 10.0 Å². The van der Waals surface area contributed by atoms with Gasteiger partial charge in [-0.1, -0.05) is 6.07 Å². The lowest BCUT2D eigenvalue weighted by Crippen LogP contribution is -2.39. The molecule has 21 heavy (non-hydrogen) atoms. The molecule has 0 spiro atoms. The van der Waals surface area contributed by atoms with Crippen molar-refractivity contribution in [1.29, 1.82) is 0 Å². The summed E-state index contributed by atoms with van der Waals surface area (Å²) in [5.41, 5.74) is 1.85. The number of rotatable bonds is 6. The first-order valence-corrected chi connectivity index (χ1v) is 8.79. The molecule has 0 atom stereocenters. The van der Waals surface area contributed by atoms with E-state index in [0.29, 0.717) is 18.0 Å². The Balaban J connectivity index is 2.42. The largest absolute Gasteiger partial charge is 0.385 e. The lowest BCUT2D eigenvalue weighted by atomic mass is 10.0. The van der Waals surface area contributed by atoms with Gasteiger partial charge in [-0.15, -0.1) is 0 Å². The van der Waals surface area contributed by atoms with Crippen molar-refractivity contribution in [2.45, 2.75) is 37.6 Å². The van der Waals surface area contributed by atoms with Crippen molar-refractivity contribution >= 4 is 15.7 Å². The second-order valence-electron chi connectivity index (χ2n) is 5.51. The van der Waals surface area contributed by atoms with Crippen LogP contribution >= 0.6 is 0 Å². The van der Waals surface area contributed by atoms with Gasteiger partial charge < -0.3 is 10.1 Å². The van der Waals surface area contributed by atoms with E-state index in [2.05, 4.69) is 5.32 Å². The van der Waals surface area contributed by atoms with Gasteiger partial charge in [0.05, 0.1) is 11.5 Å². The third kappa shape index (κ3) is 3.39. The summed E-state index contributed by atoms with van der Waals surface area (Å²) in [5.74, 6) is 0. The van der Waals surface area contributed by atoms with E-state index in [1.807, 2.05) is 19.9 Å². The highest BCUT2D eigenvalue weighted by molar-refractivity contribution is 7.89. The first kappa shape index (κ1) is 16.3. The minimum Gasteiger partial charge on any atom is -0.385 e. The van der Waals surface area contributed by atoms with Crippen molar-refractivity contribution in [1.82, 2.24) is 4.31 Å². The van der Waals surface area contributed by atoms with E-state index >= 15 is 0 Å². The maximum Gasteiger partial charge on any atom is 0.243 e. The molecule has 1 aromatic rings. The van der Waals surface area contributed by atoms with Crippen LogP contribution < -0.4 is 5.32 Å².